The number of rotatable bonds is 17. The summed E-state index contributed by atoms with van der Waals surface area (Å²) in [5, 5.41) is 0. The molecule has 1 aliphatic rings. The SMILES string of the molecule is CCCCCCCCCCCC(=O)CCC(C)C(C)CCC1CC=C(C)C1(C)C. The van der Waals surface area contributed by atoms with Crippen molar-refractivity contribution in [2.24, 2.45) is 23.2 Å². The molecule has 1 aliphatic carbocycles. The van der Waals surface area contributed by atoms with E-state index >= 15 is 0 Å². The Morgan fingerprint density at radius 2 is 1.48 bits per heavy atom. The Kier molecular flexibility index (Phi) is 13.2. The highest BCUT2D eigenvalue weighted by molar-refractivity contribution is 5.78. The molecule has 1 rings (SSSR count). The van der Waals surface area contributed by atoms with Crippen LogP contribution in [-0.2, 0) is 4.79 Å². The maximum absolute atomic E-state index is 12.3. The monoisotopic (exact) mass is 404 g/mol. The summed E-state index contributed by atoms with van der Waals surface area (Å²) < 4.78 is 0. The summed E-state index contributed by atoms with van der Waals surface area (Å²) in [5.74, 6) is 2.71. The quantitative estimate of drug-likeness (QED) is 0.174. The molecule has 0 aromatic carbocycles. The number of hydrogen-bond acceptors (Lipinski definition) is 1. The molecule has 170 valence electrons. The zero-order chi connectivity index (χ0) is 21.7. The van der Waals surface area contributed by atoms with Gasteiger partial charge in [0.1, 0.15) is 5.78 Å². The Hall–Kier alpha value is -0.590. The van der Waals surface area contributed by atoms with Gasteiger partial charge in [0, 0.05) is 12.8 Å². The molecule has 3 unspecified atom stereocenters. The number of carbonyl (C=O) groups excluding carboxylic acids is 1. The van der Waals surface area contributed by atoms with Gasteiger partial charge in [-0.05, 0) is 55.8 Å². The summed E-state index contributed by atoms with van der Waals surface area (Å²) in [6, 6.07) is 0. The largest absolute Gasteiger partial charge is 0.300 e. The zero-order valence-electron chi connectivity index (χ0n) is 20.8. The van der Waals surface area contributed by atoms with Crippen LogP contribution in [0.5, 0.6) is 0 Å². The zero-order valence-corrected chi connectivity index (χ0v) is 20.8. The van der Waals surface area contributed by atoms with Crippen LogP contribution < -0.4 is 0 Å². The predicted molar refractivity (Wildman–Crippen MR) is 129 cm³/mol. The van der Waals surface area contributed by atoms with Crippen molar-refractivity contribution >= 4 is 5.78 Å². The fraction of sp³-hybridized carbons (Fsp3) is 0.893. The molecule has 0 aliphatic heterocycles. The highest BCUT2D eigenvalue weighted by atomic mass is 16.1. The van der Waals surface area contributed by atoms with Crippen LogP contribution in [-0.4, -0.2) is 5.78 Å². The summed E-state index contributed by atoms with van der Waals surface area (Å²) in [6.07, 6.45) is 21.0. The van der Waals surface area contributed by atoms with Crippen LogP contribution in [0, 0.1) is 23.2 Å². The molecule has 0 bridgehead atoms. The van der Waals surface area contributed by atoms with Gasteiger partial charge in [0.05, 0.1) is 0 Å². The second-order valence-corrected chi connectivity index (χ2v) is 10.7. The van der Waals surface area contributed by atoms with Crippen LogP contribution in [0.15, 0.2) is 11.6 Å². The molecule has 0 radical (unpaired) electrons. The summed E-state index contributed by atoms with van der Waals surface area (Å²) in [7, 11) is 0. The van der Waals surface area contributed by atoms with Crippen LogP contribution in [0.25, 0.3) is 0 Å². The molecule has 0 fully saturated rings. The van der Waals surface area contributed by atoms with Crippen molar-refractivity contribution in [1.82, 2.24) is 0 Å². The van der Waals surface area contributed by atoms with Gasteiger partial charge in [-0.1, -0.05) is 104 Å². The van der Waals surface area contributed by atoms with Gasteiger partial charge in [0.15, 0.2) is 0 Å². The number of hydrogen-bond donors (Lipinski definition) is 0. The lowest BCUT2D eigenvalue weighted by atomic mass is 9.74. The van der Waals surface area contributed by atoms with E-state index in [1.54, 1.807) is 5.57 Å². The van der Waals surface area contributed by atoms with Crippen LogP contribution in [0.2, 0.25) is 0 Å². The lowest BCUT2D eigenvalue weighted by Crippen LogP contribution is -2.22. The first-order valence-electron chi connectivity index (χ1n) is 13.0. The number of carbonyl (C=O) groups is 1. The third kappa shape index (κ3) is 10.3. The third-order valence-electron chi connectivity index (χ3n) is 8.13. The van der Waals surface area contributed by atoms with Gasteiger partial charge in [-0.3, -0.25) is 4.79 Å². The summed E-state index contributed by atoms with van der Waals surface area (Å²) in [4.78, 5) is 12.3. The van der Waals surface area contributed by atoms with Gasteiger partial charge >= 0.3 is 0 Å². The first-order chi connectivity index (χ1) is 13.8. The molecular formula is C28H52O. The van der Waals surface area contributed by atoms with Crippen molar-refractivity contribution in [3.63, 3.8) is 0 Å². The van der Waals surface area contributed by atoms with Crippen LogP contribution >= 0.6 is 0 Å². The molecule has 0 amide bonds. The molecule has 29 heavy (non-hydrogen) atoms. The topological polar surface area (TPSA) is 17.1 Å². The molecule has 0 aromatic rings. The minimum Gasteiger partial charge on any atom is -0.300 e. The average molecular weight is 405 g/mol. The van der Waals surface area contributed by atoms with Gasteiger partial charge in [-0.25, -0.2) is 0 Å². The summed E-state index contributed by atoms with van der Waals surface area (Å²) >= 11 is 0. The predicted octanol–water partition coefficient (Wildman–Crippen LogP) is 9.30. The Bertz CT molecular complexity index is 473. The van der Waals surface area contributed by atoms with E-state index in [4.69, 9.17) is 0 Å². The summed E-state index contributed by atoms with van der Waals surface area (Å²) in [5.41, 5.74) is 1.96. The lowest BCUT2D eigenvalue weighted by Gasteiger charge is -2.31. The number of unbranched alkanes of at least 4 members (excludes halogenated alkanes) is 8. The minimum atomic E-state index is 0.383. The molecule has 3 atom stereocenters. The van der Waals surface area contributed by atoms with Crippen LogP contribution in [0.3, 0.4) is 0 Å². The van der Waals surface area contributed by atoms with E-state index in [9.17, 15) is 4.79 Å². The van der Waals surface area contributed by atoms with Crippen molar-refractivity contribution in [3.05, 3.63) is 11.6 Å². The van der Waals surface area contributed by atoms with Crippen molar-refractivity contribution in [1.29, 1.82) is 0 Å². The van der Waals surface area contributed by atoms with Gasteiger partial charge in [-0.2, -0.15) is 0 Å². The fourth-order valence-corrected chi connectivity index (χ4v) is 4.86. The Morgan fingerprint density at radius 3 is 2.03 bits per heavy atom. The number of ketones is 1. The molecule has 1 nitrogen and oxygen atoms in total. The standard InChI is InChI=1S/C28H52O/c1-7-8-9-10-11-12-13-14-15-16-27(29)22-18-24(3)23(2)17-20-26-21-19-25(4)28(26,5)6/h19,23-24,26H,7-18,20-22H2,1-6H3. The Balaban J connectivity index is 2.05. The van der Waals surface area contributed by atoms with Gasteiger partial charge in [0.25, 0.3) is 0 Å². The minimum absolute atomic E-state index is 0.383. The maximum Gasteiger partial charge on any atom is 0.132 e. The molecular weight excluding hydrogens is 352 g/mol. The van der Waals surface area contributed by atoms with E-state index in [1.807, 2.05) is 0 Å². The van der Waals surface area contributed by atoms with Crippen LogP contribution in [0.4, 0.5) is 0 Å². The van der Waals surface area contributed by atoms with E-state index in [2.05, 4.69) is 47.6 Å². The Labute approximate surface area is 183 Å². The molecule has 0 N–H and O–H groups in total. The molecule has 1 heteroatoms. The number of allylic oxidation sites excluding steroid dienone is 2. The second kappa shape index (κ2) is 14.4. The normalized spacial score (nSPS) is 20.5. The number of Topliss-reactive ketones (excluding diaryl/α,β-unsaturated/α-hetero) is 1. The van der Waals surface area contributed by atoms with E-state index in [1.165, 1.54) is 70.6 Å². The van der Waals surface area contributed by atoms with Crippen LogP contribution in [0.1, 0.15) is 138 Å². The third-order valence-corrected chi connectivity index (χ3v) is 8.13. The average Bonchev–Trinajstić information content (AvgIpc) is 2.95. The molecule has 0 heterocycles. The molecule has 0 saturated heterocycles. The maximum atomic E-state index is 12.3. The van der Waals surface area contributed by atoms with Gasteiger partial charge in [0.2, 0.25) is 0 Å². The second-order valence-electron chi connectivity index (χ2n) is 10.7. The van der Waals surface area contributed by atoms with Gasteiger partial charge < -0.3 is 0 Å². The smallest absolute Gasteiger partial charge is 0.132 e. The van der Waals surface area contributed by atoms with Crippen molar-refractivity contribution in [2.45, 2.75) is 138 Å². The molecule has 0 aromatic heterocycles. The lowest BCUT2D eigenvalue weighted by molar-refractivity contribution is -0.119. The fourth-order valence-electron chi connectivity index (χ4n) is 4.86. The highest BCUT2D eigenvalue weighted by Crippen LogP contribution is 2.45. The first-order valence-corrected chi connectivity index (χ1v) is 13.0. The van der Waals surface area contributed by atoms with Crippen molar-refractivity contribution in [2.75, 3.05) is 0 Å². The van der Waals surface area contributed by atoms with E-state index in [0.29, 0.717) is 17.1 Å². The van der Waals surface area contributed by atoms with Gasteiger partial charge in [-0.15, -0.1) is 0 Å². The first kappa shape index (κ1) is 26.4. The highest BCUT2D eigenvalue weighted by Gasteiger charge is 2.34. The van der Waals surface area contributed by atoms with E-state index in [-0.39, 0.29) is 0 Å². The van der Waals surface area contributed by atoms with E-state index < -0.39 is 0 Å². The van der Waals surface area contributed by atoms with E-state index in [0.717, 1.165) is 37.5 Å². The molecule has 0 spiro atoms. The summed E-state index contributed by atoms with van der Waals surface area (Å²) in [6.45, 7) is 14.2. The molecule has 0 saturated carbocycles. The Morgan fingerprint density at radius 1 is 0.931 bits per heavy atom. The van der Waals surface area contributed by atoms with Crippen molar-refractivity contribution < 1.29 is 4.79 Å². The van der Waals surface area contributed by atoms with Crippen molar-refractivity contribution in [3.8, 4) is 0 Å².